The summed E-state index contributed by atoms with van der Waals surface area (Å²) in [5, 5.41) is 41.2. The minimum absolute atomic E-state index is 0.0312. The SMILES string of the molecule is C=C(C[C@H](C)O)N[C@H](C)C(=O)NCCCCCn1cc(C[C@H](NC(=O)CC[C@H](NC(=O)c2ccc(NCc3cnc4nc(N)[nH]c(=O)c4n3)cc2)C(=O)O)C(N)=O)nn1. The molecule has 0 aliphatic carbocycles. The van der Waals surface area contributed by atoms with Crippen LogP contribution in [0.3, 0.4) is 0 Å². The van der Waals surface area contributed by atoms with Crippen LogP contribution in [0, 0.1) is 0 Å². The first-order valence-electron chi connectivity index (χ1n) is 18.8. The number of nitrogens with one attached hydrogen (secondary N) is 6. The number of rotatable bonds is 24. The molecule has 1 aromatic carbocycles. The highest BCUT2D eigenvalue weighted by Gasteiger charge is 2.25. The molecular formula is C37H50N14O8. The highest BCUT2D eigenvalue weighted by atomic mass is 16.4. The van der Waals surface area contributed by atoms with Crippen molar-refractivity contribution >= 4 is 52.4 Å². The second-order valence-corrected chi connectivity index (χ2v) is 13.9. The zero-order valence-electron chi connectivity index (χ0n) is 32.7. The quantitative estimate of drug-likeness (QED) is 0.0388. The summed E-state index contributed by atoms with van der Waals surface area (Å²) in [7, 11) is 0. The van der Waals surface area contributed by atoms with Crippen LogP contribution >= 0.6 is 0 Å². The minimum Gasteiger partial charge on any atom is -0.480 e. The zero-order chi connectivity index (χ0) is 43.1. The van der Waals surface area contributed by atoms with Crippen molar-refractivity contribution in [3.05, 3.63) is 76.2 Å². The van der Waals surface area contributed by atoms with Crippen molar-refractivity contribution in [2.24, 2.45) is 5.73 Å². The fourth-order valence-corrected chi connectivity index (χ4v) is 5.73. The number of aliphatic carboxylic acids is 1. The van der Waals surface area contributed by atoms with Crippen LogP contribution in [-0.4, -0.2) is 106 Å². The van der Waals surface area contributed by atoms with E-state index in [4.69, 9.17) is 11.5 Å². The predicted octanol–water partition coefficient (Wildman–Crippen LogP) is -0.776. The number of carboxylic acid groups (broad SMARTS) is 1. The summed E-state index contributed by atoms with van der Waals surface area (Å²) < 4.78 is 1.60. The van der Waals surface area contributed by atoms with Gasteiger partial charge in [0.05, 0.1) is 30.2 Å². The van der Waals surface area contributed by atoms with Gasteiger partial charge < -0.3 is 48.3 Å². The van der Waals surface area contributed by atoms with Gasteiger partial charge in [-0.1, -0.05) is 11.8 Å². The van der Waals surface area contributed by atoms with Gasteiger partial charge in [0.25, 0.3) is 11.5 Å². The number of hydrogen-bond donors (Lipinski definition) is 10. The number of H-pyrrole nitrogens is 1. The second-order valence-electron chi connectivity index (χ2n) is 13.9. The number of aliphatic hydroxyl groups is 1. The van der Waals surface area contributed by atoms with E-state index >= 15 is 0 Å². The van der Waals surface area contributed by atoms with E-state index in [0.29, 0.717) is 42.3 Å². The Balaban J connectivity index is 1.17. The van der Waals surface area contributed by atoms with Gasteiger partial charge in [-0.05, 0) is 63.8 Å². The van der Waals surface area contributed by atoms with E-state index in [0.717, 1.165) is 19.3 Å². The third-order valence-electron chi connectivity index (χ3n) is 8.77. The molecule has 59 heavy (non-hydrogen) atoms. The number of aromatic nitrogens is 7. The number of aryl methyl sites for hydroxylation is 1. The summed E-state index contributed by atoms with van der Waals surface area (Å²) in [6.07, 6.45) is 4.48. The largest absolute Gasteiger partial charge is 0.480 e. The third-order valence-corrected chi connectivity index (χ3v) is 8.77. The molecule has 0 aliphatic heterocycles. The molecule has 22 nitrogen and oxygen atoms in total. The molecule has 0 saturated heterocycles. The Bertz CT molecular complexity index is 2170. The molecule has 0 saturated carbocycles. The van der Waals surface area contributed by atoms with E-state index in [1.807, 2.05) is 0 Å². The van der Waals surface area contributed by atoms with Crippen LogP contribution in [0.4, 0.5) is 11.6 Å². The van der Waals surface area contributed by atoms with Gasteiger partial charge in [0.2, 0.25) is 23.7 Å². The average molecular weight is 819 g/mol. The maximum absolute atomic E-state index is 12.9. The van der Waals surface area contributed by atoms with Crippen LogP contribution < -0.4 is 43.6 Å². The van der Waals surface area contributed by atoms with Gasteiger partial charge in [-0.25, -0.2) is 14.8 Å². The Morgan fingerprint density at radius 3 is 2.42 bits per heavy atom. The summed E-state index contributed by atoms with van der Waals surface area (Å²) in [5.74, 6) is -3.76. The van der Waals surface area contributed by atoms with E-state index in [-0.39, 0.29) is 54.4 Å². The summed E-state index contributed by atoms with van der Waals surface area (Å²) in [4.78, 5) is 88.9. The molecule has 0 spiro atoms. The van der Waals surface area contributed by atoms with Gasteiger partial charge in [0, 0.05) is 55.5 Å². The number of primary amides is 1. The number of carbonyl (C=O) groups excluding carboxylic acids is 4. The van der Waals surface area contributed by atoms with E-state index in [1.54, 1.807) is 36.9 Å². The standard InChI is InChI=1S/C37H50N14O8/c1-20(15-21(2)52)43-22(3)33(55)40-13-5-4-6-14-51-19-25(49-50-51)16-28(31(38)54)45-29(53)12-11-27(36(58)59)46-34(56)23-7-9-24(10-8-23)41-17-26-18-42-32-30(44-26)35(57)48-37(39)47-32/h7-10,18-19,21-22,27-28,41,43,52H,1,4-6,11-17H2,2-3H3,(H2,38,54)(H,40,55)(H,45,53)(H,46,56)(H,58,59)(H3,39,42,47,48,57)/t21-,22+,27-,28-/m0/s1. The lowest BCUT2D eigenvalue weighted by Crippen LogP contribution is -2.47. The topological polar surface area (TPSA) is 340 Å². The molecule has 316 valence electrons. The zero-order valence-corrected chi connectivity index (χ0v) is 32.7. The lowest BCUT2D eigenvalue weighted by Gasteiger charge is -2.17. The summed E-state index contributed by atoms with van der Waals surface area (Å²) >= 11 is 0. The van der Waals surface area contributed by atoms with Gasteiger partial charge >= 0.3 is 5.97 Å². The van der Waals surface area contributed by atoms with Crippen molar-refractivity contribution in [3.63, 3.8) is 0 Å². The molecule has 0 radical (unpaired) electrons. The first kappa shape index (κ1) is 44.7. The maximum atomic E-state index is 12.9. The number of fused-ring (bicyclic) bond motifs is 1. The number of benzene rings is 1. The maximum Gasteiger partial charge on any atom is 0.326 e. The number of nitrogens with two attached hydrogens (primary N) is 2. The molecule has 4 atom stereocenters. The fraction of sp³-hybridized carbons (Fsp3) is 0.432. The average Bonchev–Trinajstić information content (AvgIpc) is 3.63. The Morgan fingerprint density at radius 2 is 1.73 bits per heavy atom. The highest BCUT2D eigenvalue weighted by molar-refractivity contribution is 5.97. The van der Waals surface area contributed by atoms with Crippen LogP contribution in [0.1, 0.15) is 74.1 Å². The minimum atomic E-state index is -1.42. The van der Waals surface area contributed by atoms with Crippen molar-refractivity contribution in [3.8, 4) is 0 Å². The van der Waals surface area contributed by atoms with Crippen molar-refractivity contribution < 1.29 is 34.2 Å². The van der Waals surface area contributed by atoms with E-state index in [2.05, 4.69) is 63.4 Å². The summed E-state index contributed by atoms with van der Waals surface area (Å²) in [6.45, 7) is 8.37. The molecule has 0 bridgehead atoms. The van der Waals surface area contributed by atoms with Crippen molar-refractivity contribution in [2.45, 2.75) is 96.1 Å². The smallest absolute Gasteiger partial charge is 0.326 e. The van der Waals surface area contributed by atoms with Crippen LogP contribution in [-0.2, 0) is 38.7 Å². The predicted molar refractivity (Wildman–Crippen MR) is 214 cm³/mol. The number of amides is 4. The first-order chi connectivity index (χ1) is 28.1. The van der Waals surface area contributed by atoms with Crippen molar-refractivity contribution in [1.82, 2.24) is 56.2 Å². The Morgan fingerprint density at radius 1 is 0.983 bits per heavy atom. The molecule has 4 amide bonds. The number of anilines is 2. The van der Waals surface area contributed by atoms with Crippen molar-refractivity contribution in [2.75, 3.05) is 17.6 Å². The molecule has 0 unspecified atom stereocenters. The number of nitrogen functional groups attached to an aromatic ring is 1. The number of aliphatic hydroxyl groups excluding tert-OH is 1. The van der Waals surface area contributed by atoms with E-state index in [9.17, 15) is 39.0 Å². The van der Waals surface area contributed by atoms with Crippen LogP contribution in [0.25, 0.3) is 11.2 Å². The molecule has 0 fully saturated rings. The first-order valence-corrected chi connectivity index (χ1v) is 18.8. The van der Waals surface area contributed by atoms with Gasteiger partial charge in [-0.3, -0.25) is 33.6 Å². The molecule has 0 aliphatic rings. The molecule has 3 aromatic heterocycles. The number of hydrogen-bond acceptors (Lipinski definition) is 15. The molecule has 3 heterocycles. The normalized spacial score (nSPS) is 13.1. The van der Waals surface area contributed by atoms with E-state index in [1.165, 1.54) is 18.3 Å². The Kier molecular flexibility index (Phi) is 16.3. The molecule has 4 rings (SSSR count). The number of nitrogens with zero attached hydrogens (tertiary/aromatic N) is 6. The van der Waals surface area contributed by atoms with Crippen LogP contribution in [0.5, 0.6) is 0 Å². The van der Waals surface area contributed by atoms with Gasteiger partial charge in [0.1, 0.15) is 18.1 Å². The number of carbonyl (C=O) groups is 5. The van der Waals surface area contributed by atoms with E-state index < -0.39 is 53.5 Å². The Labute approximate surface area is 338 Å². The summed E-state index contributed by atoms with van der Waals surface area (Å²) in [5.41, 5.74) is 12.9. The lowest BCUT2D eigenvalue weighted by molar-refractivity contribution is -0.139. The number of unbranched alkanes of at least 4 members (excludes halogenated alkanes) is 2. The van der Waals surface area contributed by atoms with Gasteiger partial charge in [-0.15, -0.1) is 5.10 Å². The molecule has 22 heteroatoms. The van der Waals surface area contributed by atoms with Gasteiger partial charge in [-0.2, -0.15) is 4.98 Å². The second kappa shape index (κ2) is 21.5. The van der Waals surface area contributed by atoms with Crippen LogP contribution in [0.2, 0.25) is 0 Å². The number of aromatic amines is 1. The summed E-state index contributed by atoms with van der Waals surface area (Å²) in [6, 6.07) is 3.10. The monoisotopic (exact) mass is 818 g/mol. The highest BCUT2D eigenvalue weighted by Crippen LogP contribution is 2.13. The molecule has 12 N–H and O–H groups in total. The third kappa shape index (κ3) is 14.5. The molecular weight excluding hydrogens is 768 g/mol. The lowest BCUT2D eigenvalue weighted by atomic mass is 10.1. The fourth-order valence-electron chi connectivity index (χ4n) is 5.73. The van der Waals surface area contributed by atoms with Crippen LogP contribution in [0.15, 0.2) is 53.7 Å². The molecule has 4 aromatic rings. The van der Waals surface area contributed by atoms with Gasteiger partial charge in [0.15, 0.2) is 11.2 Å². The Hall–Kier alpha value is -6.97. The van der Waals surface area contributed by atoms with Crippen molar-refractivity contribution in [1.29, 1.82) is 0 Å². The number of carboxylic acids is 1.